The average Bonchev–Trinajstić information content (AvgIpc) is 3.23. The van der Waals surface area contributed by atoms with Crippen molar-refractivity contribution in [3.05, 3.63) is 81.5 Å². The molecule has 0 aliphatic rings. The van der Waals surface area contributed by atoms with Crippen molar-refractivity contribution in [2.45, 2.75) is 39.2 Å². The van der Waals surface area contributed by atoms with E-state index in [-0.39, 0.29) is 5.91 Å². The Balaban J connectivity index is 1.43. The maximum atomic E-state index is 12.4. The van der Waals surface area contributed by atoms with E-state index in [2.05, 4.69) is 41.7 Å². The van der Waals surface area contributed by atoms with Crippen molar-refractivity contribution in [1.82, 2.24) is 0 Å². The summed E-state index contributed by atoms with van der Waals surface area (Å²) in [5.74, 6) is -0.185. The van der Waals surface area contributed by atoms with Crippen LogP contribution < -0.4 is 11.1 Å². The monoisotopic (exact) mass is 421 g/mol. The van der Waals surface area contributed by atoms with Gasteiger partial charge in [-0.15, -0.1) is 11.3 Å². The molecule has 0 saturated heterocycles. The topological polar surface area (TPSA) is 76.7 Å². The Kier molecular flexibility index (Phi) is 8.03. The SMILES string of the molecule is CCCCc1ccc(C/C=N/OCc2ccc(C(=O)Nc3ccccc3N)s2)cc1. The molecular formula is C24H27N3O2S. The van der Waals surface area contributed by atoms with E-state index in [9.17, 15) is 4.79 Å². The molecule has 1 aromatic heterocycles. The third-order valence-electron chi connectivity index (χ3n) is 4.62. The zero-order chi connectivity index (χ0) is 21.2. The molecule has 3 aromatic rings. The van der Waals surface area contributed by atoms with E-state index >= 15 is 0 Å². The molecule has 0 fully saturated rings. The van der Waals surface area contributed by atoms with E-state index in [0.717, 1.165) is 17.7 Å². The molecule has 0 bridgehead atoms. The lowest BCUT2D eigenvalue weighted by Gasteiger charge is -2.06. The van der Waals surface area contributed by atoms with Crippen LogP contribution in [0.3, 0.4) is 0 Å². The molecule has 0 atom stereocenters. The number of para-hydroxylation sites is 2. The van der Waals surface area contributed by atoms with Crippen LogP contribution >= 0.6 is 11.3 Å². The van der Waals surface area contributed by atoms with Gasteiger partial charge in [-0.2, -0.15) is 0 Å². The van der Waals surface area contributed by atoms with Crippen molar-refractivity contribution in [3.63, 3.8) is 0 Å². The van der Waals surface area contributed by atoms with E-state index in [1.54, 1.807) is 24.4 Å². The van der Waals surface area contributed by atoms with Crippen molar-refractivity contribution in [2.24, 2.45) is 5.16 Å². The molecule has 3 N–H and O–H groups in total. The summed E-state index contributed by atoms with van der Waals surface area (Å²) in [6.45, 7) is 2.54. The minimum absolute atomic E-state index is 0.185. The molecule has 6 heteroatoms. The Morgan fingerprint density at radius 2 is 1.87 bits per heavy atom. The van der Waals surface area contributed by atoms with Gasteiger partial charge in [0.25, 0.3) is 5.91 Å². The summed E-state index contributed by atoms with van der Waals surface area (Å²) in [5.41, 5.74) is 9.60. The van der Waals surface area contributed by atoms with Gasteiger partial charge in [-0.1, -0.05) is 54.9 Å². The van der Waals surface area contributed by atoms with Crippen molar-refractivity contribution < 1.29 is 9.63 Å². The zero-order valence-electron chi connectivity index (χ0n) is 17.1. The lowest BCUT2D eigenvalue weighted by atomic mass is 10.1. The number of nitrogens with one attached hydrogen (secondary N) is 1. The highest BCUT2D eigenvalue weighted by Crippen LogP contribution is 2.22. The first-order valence-electron chi connectivity index (χ1n) is 10.1. The first kappa shape index (κ1) is 21.6. The van der Waals surface area contributed by atoms with Gasteiger partial charge in [0.05, 0.1) is 16.3 Å². The number of aryl methyl sites for hydroxylation is 1. The van der Waals surface area contributed by atoms with E-state index in [0.29, 0.717) is 22.9 Å². The van der Waals surface area contributed by atoms with Crippen molar-refractivity contribution in [2.75, 3.05) is 11.1 Å². The molecule has 0 spiro atoms. The maximum Gasteiger partial charge on any atom is 0.265 e. The van der Waals surface area contributed by atoms with Gasteiger partial charge in [0.2, 0.25) is 0 Å². The van der Waals surface area contributed by atoms with E-state index < -0.39 is 0 Å². The second-order valence-corrected chi connectivity index (χ2v) is 8.16. The van der Waals surface area contributed by atoms with Gasteiger partial charge in [0.15, 0.2) is 6.61 Å². The summed E-state index contributed by atoms with van der Waals surface area (Å²) >= 11 is 1.38. The zero-order valence-corrected chi connectivity index (χ0v) is 18.0. The first-order chi connectivity index (χ1) is 14.7. The number of oxime groups is 1. The molecule has 2 aromatic carbocycles. The third kappa shape index (κ3) is 6.46. The summed E-state index contributed by atoms with van der Waals surface area (Å²) in [6, 6.07) is 19.5. The van der Waals surface area contributed by atoms with E-state index in [4.69, 9.17) is 10.6 Å². The Hall–Kier alpha value is -3.12. The minimum atomic E-state index is -0.185. The lowest BCUT2D eigenvalue weighted by Crippen LogP contribution is -2.11. The molecule has 0 saturated carbocycles. The van der Waals surface area contributed by atoms with E-state index in [1.165, 1.54) is 35.3 Å². The van der Waals surface area contributed by atoms with Crippen LogP contribution in [0.15, 0.2) is 65.8 Å². The van der Waals surface area contributed by atoms with Gasteiger partial charge < -0.3 is 15.9 Å². The van der Waals surface area contributed by atoms with Crippen LogP contribution in [0.2, 0.25) is 0 Å². The number of hydrogen-bond donors (Lipinski definition) is 2. The molecule has 1 amide bonds. The van der Waals surface area contributed by atoms with Crippen LogP contribution in [0.25, 0.3) is 0 Å². The highest BCUT2D eigenvalue weighted by Gasteiger charge is 2.11. The van der Waals surface area contributed by atoms with Crippen molar-refractivity contribution in [1.29, 1.82) is 0 Å². The lowest BCUT2D eigenvalue weighted by molar-refractivity contribution is 0.103. The highest BCUT2D eigenvalue weighted by molar-refractivity contribution is 7.14. The van der Waals surface area contributed by atoms with Gasteiger partial charge in [0.1, 0.15) is 0 Å². The van der Waals surface area contributed by atoms with Crippen LogP contribution in [-0.4, -0.2) is 12.1 Å². The quantitative estimate of drug-likeness (QED) is 0.251. The number of thiophene rings is 1. The number of rotatable bonds is 10. The summed E-state index contributed by atoms with van der Waals surface area (Å²) < 4.78 is 0. The molecule has 0 aliphatic heterocycles. The molecule has 5 nitrogen and oxygen atoms in total. The van der Waals surface area contributed by atoms with Crippen LogP contribution in [-0.2, 0) is 24.3 Å². The Bertz CT molecular complexity index is 980. The number of benzene rings is 2. The number of nitrogens with zero attached hydrogens (tertiary/aromatic N) is 1. The van der Waals surface area contributed by atoms with Gasteiger partial charge in [-0.05, 0) is 48.2 Å². The van der Waals surface area contributed by atoms with E-state index in [1.807, 2.05) is 18.2 Å². The second-order valence-electron chi connectivity index (χ2n) is 6.99. The average molecular weight is 422 g/mol. The van der Waals surface area contributed by atoms with Crippen LogP contribution in [0.4, 0.5) is 11.4 Å². The summed E-state index contributed by atoms with van der Waals surface area (Å²) in [4.78, 5) is 19.3. The van der Waals surface area contributed by atoms with Crippen LogP contribution in [0, 0.1) is 0 Å². The molecule has 30 heavy (non-hydrogen) atoms. The number of amides is 1. The summed E-state index contributed by atoms with van der Waals surface area (Å²) in [7, 11) is 0. The van der Waals surface area contributed by atoms with Gasteiger partial charge in [-0.3, -0.25) is 4.79 Å². The minimum Gasteiger partial charge on any atom is -0.397 e. The molecule has 0 aliphatic carbocycles. The van der Waals surface area contributed by atoms with Gasteiger partial charge in [0, 0.05) is 17.5 Å². The van der Waals surface area contributed by atoms with Crippen molar-refractivity contribution in [3.8, 4) is 0 Å². The maximum absolute atomic E-state index is 12.4. The smallest absolute Gasteiger partial charge is 0.265 e. The Labute approximate surface area is 181 Å². The summed E-state index contributed by atoms with van der Waals surface area (Å²) in [5, 5.41) is 6.86. The standard InChI is InChI=1S/C24H27N3O2S/c1-2-3-6-18-9-11-19(12-10-18)15-16-26-29-17-20-13-14-23(30-20)24(28)27-22-8-5-4-7-21(22)25/h4-5,7-14,16H,2-3,6,15,17,25H2,1H3,(H,27,28)/b26-16+. The fourth-order valence-electron chi connectivity index (χ4n) is 2.89. The highest BCUT2D eigenvalue weighted by atomic mass is 32.1. The predicted molar refractivity (Wildman–Crippen MR) is 125 cm³/mol. The van der Waals surface area contributed by atoms with Gasteiger partial charge >= 0.3 is 0 Å². The summed E-state index contributed by atoms with van der Waals surface area (Å²) in [6.07, 6.45) is 6.06. The van der Waals surface area contributed by atoms with Crippen molar-refractivity contribution >= 4 is 34.8 Å². The number of unbranched alkanes of at least 4 members (excludes halogenated alkanes) is 1. The Morgan fingerprint density at radius 3 is 2.63 bits per heavy atom. The number of anilines is 2. The third-order valence-corrected chi connectivity index (χ3v) is 5.68. The number of hydrogen-bond acceptors (Lipinski definition) is 5. The molecule has 156 valence electrons. The molecule has 0 radical (unpaired) electrons. The number of nitrogen functional groups attached to an aromatic ring is 1. The second kappa shape index (κ2) is 11.2. The largest absolute Gasteiger partial charge is 0.397 e. The Morgan fingerprint density at radius 1 is 1.10 bits per heavy atom. The van der Waals surface area contributed by atoms with Crippen LogP contribution in [0.5, 0.6) is 0 Å². The fraction of sp³-hybridized carbons (Fsp3) is 0.250. The predicted octanol–water partition coefficient (Wildman–Crippen LogP) is 5.67. The molecule has 0 unspecified atom stereocenters. The van der Waals surface area contributed by atoms with Crippen LogP contribution in [0.1, 0.15) is 45.4 Å². The molecule has 3 rings (SSSR count). The first-order valence-corrected chi connectivity index (χ1v) is 10.9. The molecule has 1 heterocycles. The van der Waals surface area contributed by atoms with Gasteiger partial charge in [-0.25, -0.2) is 0 Å². The number of carbonyl (C=O) groups excluding carboxylic acids is 1. The normalized spacial score (nSPS) is 11.0. The fourth-order valence-corrected chi connectivity index (χ4v) is 3.70. The number of nitrogens with two attached hydrogens (primary N) is 1. The number of carbonyl (C=O) groups is 1. The molecular weight excluding hydrogens is 394 g/mol.